The fourth-order valence-electron chi connectivity index (χ4n) is 4.12. The number of nitrogens with zero attached hydrogens (tertiary/aromatic N) is 4. The molecule has 2 heterocycles. The molecule has 1 fully saturated rings. The minimum absolute atomic E-state index is 0.181. The van der Waals surface area contributed by atoms with Crippen molar-refractivity contribution in [1.82, 2.24) is 14.2 Å². The van der Waals surface area contributed by atoms with E-state index >= 15 is 0 Å². The van der Waals surface area contributed by atoms with Gasteiger partial charge in [0.1, 0.15) is 0 Å². The van der Waals surface area contributed by atoms with Gasteiger partial charge in [-0.15, -0.1) is 11.8 Å². The summed E-state index contributed by atoms with van der Waals surface area (Å²) >= 11 is 3.13. The number of thiazole rings is 1. The molecule has 2 aromatic carbocycles. The number of ether oxygens (including phenoxy) is 1. The number of hydrogen-bond donors (Lipinski definition) is 0. The number of rotatable bonds is 10. The summed E-state index contributed by atoms with van der Waals surface area (Å²) in [4.78, 5) is 23.8. The standard InChI is InChI=1S/C25H32N4O4S3/c1-4-27(5-2)13-14-29(25-26-23-21(34-3)7-6-8-22(23)35-25)24(30)19-9-11-20(12-10-19)36(31,32)28-15-17-33-18-16-28/h6-12H,4-5,13-18H2,1-3H3. The Morgan fingerprint density at radius 2 is 1.78 bits per heavy atom. The third-order valence-electron chi connectivity index (χ3n) is 6.31. The molecule has 0 radical (unpaired) electrons. The van der Waals surface area contributed by atoms with E-state index in [9.17, 15) is 13.2 Å². The van der Waals surface area contributed by atoms with Crippen LogP contribution in [0.3, 0.4) is 0 Å². The molecule has 4 rings (SSSR count). The molecule has 0 spiro atoms. The SMILES string of the molecule is CCN(CC)CCN(C(=O)c1ccc(S(=O)(=O)N2CCOCC2)cc1)c1nc2c(SC)cccc2s1. The highest BCUT2D eigenvalue weighted by Gasteiger charge is 2.27. The summed E-state index contributed by atoms with van der Waals surface area (Å²) < 4.78 is 33.7. The lowest BCUT2D eigenvalue weighted by Gasteiger charge is -2.26. The van der Waals surface area contributed by atoms with Gasteiger partial charge >= 0.3 is 0 Å². The Balaban J connectivity index is 1.63. The molecule has 1 aromatic heterocycles. The lowest BCUT2D eigenvalue weighted by atomic mass is 10.2. The van der Waals surface area contributed by atoms with E-state index in [1.54, 1.807) is 28.8 Å². The molecule has 0 atom stereocenters. The van der Waals surface area contributed by atoms with E-state index in [1.807, 2.05) is 24.5 Å². The van der Waals surface area contributed by atoms with Crippen LogP contribution in [0.4, 0.5) is 5.13 Å². The van der Waals surface area contributed by atoms with Crippen LogP contribution >= 0.6 is 23.1 Å². The predicted octanol–water partition coefficient (Wildman–Crippen LogP) is 4.03. The zero-order valence-electron chi connectivity index (χ0n) is 20.8. The molecule has 0 bridgehead atoms. The van der Waals surface area contributed by atoms with Crippen LogP contribution in [-0.2, 0) is 14.8 Å². The smallest absolute Gasteiger partial charge is 0.260 e. The van der Waals surface area contributed by atoms with Crippen LogP contribution in [0, 0.1) is 0 Å². The van der Waals surface area contributed by atoms with Gasteiger partial charge in [0.05, 0.1) is 28.3 Å². The van der Waals surface area contributed by atoms with Crippen LogP contribution in [0.25, 0.3) is 10.2 Å². The Labute approximate surface area is 221 Å². The van der Waals surface area contributed by atoms with Crippen molar-refractivity contribution in [2.75, 3.05) is 63.6 Å². The van der Waals surface area contributed by atoms with Gasteiger partial charge in [-0.25, -0.2) is 13.4 Å². The van der Waals surface area contributed by atoms with Gasteiger partial charge in [0.15, 0.2) is 5.13 Å². The van der Waals surface area contributed by atoms with Gasteiger partial charge in [0.2, 0.25) is 10.0 Å². The maximum atomic E-state index is 13.7. The molecule has 0 N–H and O–H groups in total. The van der Waals surface area contributed by atoms with Gasteiger partial charge in [-0.2, -0.15) is 4.31 Å². The molecule has 3 aromatic rings. The highest BCUT2D eigenvalue weighted by atomic mass is 32.2. The van der Waals surface area contributed by atoms with Crippen molar-refractivity contribution >= 4 is 54.4 Å². The Morgan fingerprint density at radius 1 is 1.08 bits per heavy atom. The number of para-hydroxylation sites is 1. The second kappa shape index (κ2) is 12.0. The van der Waals surface area contributed by atoms with Crippen molar-refractivity contribution in [3.05, 3.63) is 48.0 Å². The fraction of sp³-hybridized carbons (Fsp3) is 0.440. The second-order valence-electron chi connectivity index (χ2n) is 8.33. The topological polar surface area (TPSA) is 83.1 Å². The number of hydrogen-bond acceptors (Lipinski definition) is 8. The summed E-state index contributed by atoms with van der Waals surface area (Å²) in [5.74, 6) is -0.192. The number of aromatic nitrogens is 1. The Kier molecular flexibility index (Phi) is 9.02. The molecule has 0 aliphatic carbocycles. The number of amides is 1. The van der Waals surface area contributed by atoms with Gasteiger partial charge in [0, 0.05) is 36.6 Å². The largest absolute Gasteiger partial charge is 0.379 e. The zero-order chi connectivity index (χ0) is 25.7. The molecule has 1 aliphatic heterocycles. The number of thioether (sulfide) groups is 1. The molecule has 1 aliphatic rings. The maximum absolute atomic E-state index is 13.7. The van der Waals surface area contributed by atoms with Crippen LogP contribution in [0.2, 0.25) is 0 Å². The molecule has 1 amide bonds. The summed E-state index contributed by atoms with van der Waals surface area (Å²) in [5.41, 5.74) is 1.33. The average molecular weight is 549 g/mol. The molecule has 0 saturated carbocycles. The van der Waals surface area contributed by atoms with Crippen molar-refractivity contribution in [3.63, 3.8) is 0 Å². The van der Waals surface area contributed by atoms with Crippen molar-refractivity contribution < 1.29 is 17.9 Å². The number of morpholine rings is 1. The van der Waals surface area contributed by atoms with Gasteiger partial charge in [-0.3, -0.25) is 9.69 Å². The molecule has 194 valence electrons. The van der Waals surface area contributed by atoms with Gasteiger partial charge in [-0.1, -0.05) is 31.3 Å². The first-order valence-corrected chi connectivity index (χ1v) is 15.5. The summed E-state index contributed by atoms with van der Waals surface area (Å²) in [6, 6.07) is 12.3. The second-order valence-corrected chi connectivity index (χ2v) is 12.1. The number of anilines is 1. The summed E-state index contributed by atoms with van der Waals surface area (Å²) in [7, 11) is -3.62. The first-order valence-electron chi connectivity index (χ1n) is 12.0. The number of likely N-dealkylation sites (N-methyl/N-ethyl adjacent to an activating group) is 1. The average Bonchev–Trinajstić information content (AvgIpc) is 3.35. The first kappa shape index (κ1) is 27.0. The summed E-state index contributed by atoms with van der Waals surface area (Å²) in [6.07, 6.45) is 2.02. The normalized spacial score (nSPS) is 15.0. The van der Waals surface area contributed by atoms with E-state index in [0.29, 0.717) is 50.1 Å². The van der Waals surface area contributed by atoms with Crippen LogP contribution in [0.15, 0.2) is 52.3 Å². The van der Waals surface area contributed by atoms with Gasteiger partial charge < -0.3 is 9.64 Å². The Hall–Kier alpha value is -2.02. The number of carbonyl (C=O) groups is 1. The quantitative estimate of drug-likeness (QED) is 0.354. The Morgan fingerprint density at radius 3 is 2.42 bits per heavy atom. The van der Waals surface area contributed by atoms with Crippen molar-refractivity contribution in [2.24, 2.45) is 0 Å². The molecule has 8 nitrogen and oxygen atoms in total. The van der Waals surface area contributed by atoms with E-state index in [4.69, 9.17) is 9.72 Å². The molecule has 11 heteroatoms. The summed E-state index contributed by atoms with van der Waals surface area (Å²) in [5, 5.41) is 0.647. The van der Waals surface area contributed by atoms with Crippen LogP contribution in [0.5, 0.6) is 0 Å². The van der Waals surface area contributed by atoms with Crippen molar-refractivity contribution in [1.29, 1.82) is 0 Å². The highest BCUT2D eigenvalue weighted by molar-refractivity contribution is 7.98. The highest BCUT2D eigenvalue weighted by Crippen LogP contribution is 2.34. The summed E-state index contributed by atoms with van der Waals surface area (Å²) in [6.45, 7) is 8.63. The fourth-order valence-corrected chi connectivity index (χ4v) is 7.17. The monoisotopic (exact) mass is 548 g/mol. The van der Waals surface area contributed by atoms with Gasteiger partial charge in [-0.05, 0) is 55.7 Å². The molecule has 0 unspecified atom stereocenters. The number of sulfonamides is 1. The van der Waals surface area contributed by atoms with Crippen molar-refractivity contribution in [3.8, 4) is 0 Å². The van der Waals surface area contributed by atoms with Crippen LogP contribution < -0.4 is 4.90 Å². The lowest BCUT2D eigenvalue weighted by molar-refractivity contribution is 0.0730. The third kappa shape index (κ3) is 5.76. The van der Waals surface area contributed by atoms with Gasteiger partial charge in [0.25, 0.3) is 5.91 Å². The van der Waals surface area contributed by atoms with E-state index in [1.165, 1.54) is 27.8 Å². The van der Waals surface area contributed by atoms with E-state index in [0.717, 1.165) is 28.2 Å². The number of benzene rings is 2. The minimum atomic E-state index is -3.62. The molecule has 1 saturated heterocycles. The van der Waals surface area contributed by atoms with E-state index in [-0.39, 0.29) is 10.8 Å². The number of carbonyl (C=O) groups excluding carboxylic acids is 1. The number of fused-ring (bicyclic) bond motifs is 1. The van der Waals surface area contributed by atoms with Crippen LogP contribution in [0.1, 0.15) is 24.2 Å². The van der Waals surface area contributed by atoms with Crippen LogP contribution in [-0.4, -0.2) is 87.3 Å². The van der Waals surface area contributed by atoms with Crippen molar-refractivity contribution in [2.45, 2.75) is 23.6 Å². The van der Waals surface area contributed by atoms with E-state index in [2.05, 4.69) is 18.7 Å². The lowest BCUT2D eigenvalue weighted by Crippen LogP contribution is -2.40. The Bertz CT molecular complexity index is 1280. The third-order valence-corrected chi connectivity index (χ3v) is 10.0. The molecule has 36 heavy (non-hydrogen) atoms. The zero-order valence-corrected chi connectivity index (χ0v) is 23.3. The van der Waals surface area contributed by atoms with E-state index < -0.39 is 10.0 Å². The molecular formula is C25H32N4O4S3. The maximum Gasteiger partial charge on any atom is 0.260 e. The molecular weight excluding hydrogens is 517 g/mol. The predicted molar refractivity (Wildman–Crippen MR) is 147 cm³/mol. The first-order chi connectivity index (χ1) is 17.4. The minimum Gasteiger partial charge on any atom is -0.379 e.